The van der Waals surface area contributed by atoms with Crippen molar-refractivity contribution in [2.24, 2.45) is 0 Å². The van der Waals surface area contributed by atoms with E-state index in [1.807, 2.05) is 30.3 Å². The fraction of sp³-hybridized carbons (Fsp3) is 0.250. The van der Waals surface area contributed by atoms with Crippen molar-refractivity contribution in [2.75, 3.05) is 14.2 Å². The van der Waals surface area contributed by atoms with Gasteiger partial charge >= 0.3 is 0 Å². The van der Waals surface area contributed by atoms with Gasteiger partial charge in [-0.05, 0) is 47.7 Å². The molecule has 2 heterocycles. The minimum absolute atomic E-state index is 0.0222. The maximum Gasteiger partial charge on any atom is 0.253 e. The molecule has 0 amide bonds. The van der Waals surface area contributed by atoms with E-state index >= 15 is 0 Å². The Balaban J connectivity index is 1.39. The third kappa shape index (κ3) is 4.47. The lowest BCUT2D eigenvalue weighted by Gasteiger charge is -2.23. The van der Waals surface area contributed by atoms with Crippen LogP contribution in [0.15, 0.2) is 58.3 Å². The van der Waals surface area contributed by atoms with Crippen molar-refractivity contribution in [1.29, 1.82) is 0 Å². The summed E-state index contributed by atoms with van der Waals surface area (Å²) in [7, 11) is 3.22. The number of Topliss-reactive ketones (excluding diaryl/α,β-unsaturated/α-hetero) is 1. The van der Waals surface area contributed by atoms with Gasteiger partial charge in [0, 0.05) is 22.8 Å². The second kappa shape index (κ2) is 9.15. The first kappa shape index (κ1) is 21.9. The number of hydrogen-bond donors (Lipinski definition) is 0. The van der Waals surface area contributed by atoms with E-state index in [2.05, 4.69) is 38.1 Å². The van der Waals surface area contributed by atoms with Gasteiger partial charge in [-0.1, -0.05) is 45.9 Å². The van der Waals surface area contributed by atoms with Crippen LogP contribution in [-0.4, -0.2) is 39.6 Å². The minimum atomic E-state index is 0.0222. The van der Waals surface area contributed by atoms with Crippen molar-refractivity contribution in [3.8, 4) is 11.5 Å². The topological polar surface area (TPSA) is 78.6 Å². The number of hydrogen-bond acceptors (Lipinski definition) is 7. The van der Waals surface area contributed by atoms with Crippen LogP contribution >= 0.6 is 27.7 Å². The summed E-state index contributed by atoms with van der Waals surface area (Å²) < 4.78 is 13.4. The number of fused-ring (bicyclic) bond motifs is 2. The molecular weight excluding hydrogens is 504 g/mol. The van der Waals surface area contributed by atoms with Gasteiger partial charge in [0.05, 0.1) is 25.5 Å². The van der Waals surface area contributed by atoms with Crippen molar-refractivity contribution >= 4 is 39.3 Å². The van der Waals surface area contributed by atoms with Crippen LogP contribution in [0, 0.1) is 0 Å². The van der Waals surface area contributed by atoms with Gasteiger partial charge in [0.15, 0.2) is 17.3 Å². The quantitative estimate of drug-likeness (QED) is 0.324. The van der Waals surface area contributed by atoms with Crippen LogP contribution in [0.3, 0.4) is 0 Å². The molecule has 0 saturated carbocycles. The van der Waals surface area contributed by atoms with Crippen LogP contribution in [0.5, 0.6) is 11.5 Å². The Morgan fingerprint density at radius 2 is 1.85 bits per heavy atom. The van der Waals surface area contributed by atoms with E-state index in [1.165, 1.54) is 5.56 Å². The number of carbonyl (C=O) groups is 1. The summed E-state index contributed by atoms with van der Waals surface area (Å²) in [6.07, 6.45) is 2.83. The van der Waals surface area contributed by atoms with Gasteiger partial charge in [-0.3, -0.25) is 4.79 Å². The summed E-state index contributed by atoms with van der Waals surface area (Å²) >= 11 is 5.00. The highest BCUT2D eigenvalue weighted by atomic mass is 79.9. The molecule has 0 fully saturated rings. The highest BCUT2D eigenvalue weighted by Crippen LogP contribution is 2.36. The Morgan fingerprint density at radius 1 is 1.06 bits per heavy atom. The van der Waals surface area contributed by atoms with Crippen LogP contribution in [0.4, 0.5) is 0 Å². The smallest absolute Gasteiger partial charge is 0.253 e. The molecule has 2 aromatic heterocycles. The van der Waals surface area contributed by atoms with Gasteiger partial charge in [0.25, 0.3) is 5.78 Å². The molecule has 1 aliphatic rings. The molecule has 7 nitrogen and oxygen atoms in total. The van der Waals surface area contributed by atoms with Crippen molar-refractivity contribution in [1.82, 2.24) is 19.6 Å². The molecule has 4 aromatic rings. The number of nitrogens with zero attached hydrogens (tertiary/aromatic N) is 4. The second-order valence-electron chi connectivity index (χ2n) is 7.80. The largest absolute Gasteiger partial charge is 0.493 e. The lowest BCUT2D eigenvalue weighted by atomic mass is 9.82. The van der Waals surface area contributed by atoms with E-state index in [0.717, 1.165) is 21.5 Å². The van der Waals surface area contributed by atoms with Crippen LogP contribution in [0.25, 0.3) is 5.78 Å². The van der Waals surface area contributed by atoms with Crippen LogP contribution in [0.1, 0.15) is 39.5 Å². The number of rotatable bonds is 6. The molecule has 0 unspecified atom stereocenters. The van der Waals surface area contributed by atoms with Crippen molar-refractivity contribution in [3.63, 3.8) is 0 Å². The molecule has 0 spiro atoms. The van der Waals surface area contributed by atoms with Gasteiger partial charge in [0.2, 0.25) is 5.16 Å². The molecule has 0 radical (unpaired) electrons. The predicted molar refractivity (Wildman–Crippen MR) is 129 cm³/mol. The standard InChI is InChI=1S/C24H21BrN4O3S/c1-31-21-8-5-15(11-22(21)32-2)16-9-19-18(20(30)10-16)12-29-23(26-19)27-24(28-29)33-13-14-3-6-17(25)7-4-14/h3-8,11-12,16H,9-10,13H2,1-2H3/t16-/m0/s1. The molecule has 0 N–H and O–H groups in total. The van der Waals surface area contributed by atoms with E-state index in [9.17, 15) is 4.79 Å². The molecule has 1 atom stereocenters. The third-order valence-corrected chi connectivity index (χ3v) is 7.16. The average molecular weight is 525 g/mol. The molecule has 0 aliphatic heterocycles. The normalized spacial score (nSPS) is 15.5. The second-order valence-corrected chi connectivity index (χ2v) is 9.66. The fourth-order valence-electron chi connectivity index (χ4n) is 4.00. The van der Waals surface area contributed by atoms with Crippen LogP contribution in [0.2, 0.25) is 0 Å². The zero-order valence-electron chi connectivity index (χ0n) is 18.1. The fourth-order valence-corrected chi connectivity index (χ4v) is 5.04. The molecular formula is C24H21BrN4O3S. The first-order chi connectivity index (χ1) is 16.0. The molecule has 9 heteroatoms. The maximum atomic E-state index is 13.0. The predicted octanol–water partition coefficient (Wildman–Crippen LogP) is 5.11. The van der Waals surface area contributed by atoms with E-state index < -0.39 is 0 Å². The first-order valence-electron chi connectivity index (χ1n) is 10.4. The number of methoxy groups -OCH3 is 2. The van der Waals surface area contributed by atoms with Crippen LogP contribution < -0.4 is 9.47 Å². The van der Waals surface area contributed by atoms with Crippen molar-refractivity contribution < 1.29 is 14.3 Å². The summed E-state index contributed by atoms with van der Waals surface area (Å²) in [5.41, 5.74) is 3.59. The number of aromatic nitrogens is 4. The number of thioether (sulfide) groups is 1. The average Bonchev–Trinajstić information content (AvgIpc) is 3.23. The lowest BCUT2D eigenvalue weighted by Crippen LogP contribution is -2.21. The summed E-state index contributed by atoms with van der Waals surface area (Å²) in [4.78, 5) is 22.2. The molecule has 0 bridgehead atoms. The number of halogens is 1. The number of carbonyl (C=O) groups excluding carboxylic acids is 1. The lowest BCUT2D eigenvalue weighted by molar-refractivity contribution is 0.0962. The molecule has 0 saturated heterocycles. The molecule has 5 rings (SSSR count). The Bertz CT molecular complexity index is 1340. The third-order valence-electron chi connectivity index (χ3n) is 5.72. The van der Waals surface area contributed by atoms with Crippen molar-refractivity contribution in [2.45, 2.75) is 29.7 Å². The summed E-state index contributed by atoms with van der Waals surface area (Å²) in [5.74, 6) is 2.66. The van der Waals surface area contributed by atoms with Gasteiger partial charge in [-0.15, -0.1) is 5.10 Å². The summed E-state index contributed by atoms with van der Waals surface area (Å²) in [6, 6.07) is 14.0. The Hall–Kier alpha value is -2.91. The number of ether oxygens (including phenoxy) is 2. The zero-order valence-corrected chi connectivity index (χ0v) is 20.5. The Kier molecular flexibility index (Phi) is 6.07. The molecule has 1 aliphatic carbocycles. The number of benzene rings is 2. The SMILES string of the molecule is COc1ccc([C@@H]2CC(=O)c3cn4nc(SCc5ccc(Br)cc5)nc4nc3C2)cc1OC. The molecule has 2 aromatic carbocycles. The maximum absolute atomic E-state index is 13.0. The van der Waals surface area contributed by atoms with Gasteiger partial charge in [0.1, 0.15) is 0 Å². The van der Waals surface area contributed by atoms with Crippen molar-refractivity contribution in [3.05, 3.63) is 75.5 Å². The number of ketones is 1. The van der Waals surface area contributed by atoms with Gasteiger partial charge < -0.3 is 9.47 Å². The Labute approximate surface area is 203 Å². The monoisotopic (exact) mass is 524 g/mol. The van der Waals surface area contributed by atoms with E-state index in [-0.39, 0.29) is 11.7 Å². The van der Waals surface area contributed by atoms with E-state index in [0.29, 0.717) is 40.8 Å². The minimum Gasteiger partial charge on any atom is -0.493 e. The molecule has 33 heavy (non-hydrogen) atoms. The molecule has 168 valence electrons. The van der Waals surface area contributed by atoms with Gasteiger partial charge in [-0.25, -0.2) is 9.50 Å². The summed E-state index contributed by atoms with van der Waals surface area (Å²) in [5, 5.41) is 5.16. The highest BCUT2D eigenvalue weighted by Gasteiger charge is 2.29. The highest BCUT2D eigenvalue weighted by molar-refractivity contribution is 9.10. The zero-order chi connectivity index (χ0) is 22.9. The Morgan fingerprint density at radius 3 is 2.61 bits per heavy atom. The van der Waals surface area contributed by atoms with Crippen LogP contribution in [-0.2, 0) is 12.2 Å². The van der Waals surface area contributed by atoms with Gasteiger partial charge in [-0.2, -0.15) is 4.98 Å². The van der Waals surface area contributed by atoms with E-state index in [1.54, 1.807) is 36.7 Å². The summed E-state index contributed by atoms with van der Waals surface area (Å²) in [6.45, 7) is 0. The first-order valence-corrected chi connectivity index (χ1v) is 12.2. The van der Waals surface area contributed by atoms with E-state index in [4.69, 9.17) is 14.5 Å².